The molecule has 2 rings (SSSR count). The Balaban J connectivity index is 2.23. The number of benzene rings is 2. The number of anilines is 1. The lowest BCUT2D eigenvalue weighted by Crippen LogP contribution is -2.22. The van der Waals surface area contributed by atoms with Gasteiger partial charge in [-0.2, -0.15) is 0 Å². The van der Waals surface area contributed by atoms with E-state index < -0.39 is 5.97 Å². The van der Waals surface area contributed by atoms with Crippen molar-refractivity contribution in [1.82, 2.24) is 0 Å². The Hall–Kier alpha value is -3.06. The average Bonchev–Trinajstić information content (AvgIpc) is 2.69. The van der Waals surface area contributed by atoms with Gasteiger partial charge in [0.05, 0.1) is 0 Å². The molecule has 0 atom stereocenters. The highest BCUT2D eigenvalue weighted by Gasteiger charge is 2.20. The number of carbonyl (C=O) groups is 2. The Labute approximate surface area is 164 Å². The zero-order chi connectivity index (χ0) is 20.7. The van der Waals surface area contributed by atoms with Crippen molar-refractivity contribution < 1.29 is 28.9 Å². The Morgan fingerprint density at radius 2 is 1.68 bits per heavy atom. The van der Waals surface area contributed by atoms with Crippen LogP contribution in [0.5, 0.6) is 11.5 Å². The summed E-state index contributed by atoms with van der Waals surface area (Å²) in [6, 6.07) is 10.6. The van der Waals surface area contributed by atoms with E-state index in [4.69, 9.17) is 14.2 Å². The summed E-state index contributed by atoms with van der Waals surface area (Å²) in [6.45, 7) is 3.44. The fraction of sp³-hybridized carbons (Fsp3) is 0.333. The average molecular weight is 387 g/mol. The molecule has 7 heteroatoms. The third kappa shape index (κ3) is 5.01. The van der Waals surface area contributed by atoms with E-state index in [1.54, 1.807) is 37.4 Å². The number of methoxy groups -OCH3 is 1. The zero-order valence-electron chi connectivity index (χ0n) is 16.5. The smallest absolute Gasteiger partial charge is 0.339 e. The van der Waals surface area contributed by atoms with E-state index in [0.29, 0.717) is 23.5 Å². The second-order valence-corrected chi connectivity index (χ2v) is 6.16. The summed E-state index contributed by atoms with van der Waals surface area (Å²) in [5.74, 6) is -0.287. The van der Waals surface area contributed by atoms with Gasteiger partial charge in [0.2, 0.25) is 5.91 Å². The summed E-state index contributed by atoms with van der Waals surface area (Å²) in [4.78, 5) is 24.8. The summed E-state index contributed by atoms with van der Waals surface area (Å²) in [5.41, 5.74) is 2.11. The number of hydrogen-bond donors (Lipinski definition) is 1. The van der Waals surface area contributed by atoms with Gasteiger partial charge in [-0.05, 0) is 36.2 Å². The van der Waals surface area contributed by atoms with Gasteiger partial charge in [-0.1, -0.05) is 19.1 Å². The van der Waals surface area contributed by atoms with Crippen LogP contribution >= 0.6 is 0 Å². The number of rotatable bonds is 9. The van der Waals surface area contributed by atoms with E-state index >= 15 is 0 Å². The van der Waals surface area contributed by atoms with E-state index in [2.05, 4.69) is 0 Å². The second-order valence-electron chi connectivity index (χ2n) is 6.16. The van der Waals surface area contributed by atoms with E-state index in [-0.39, 0.29) is 24.9 Å². The van der Waals surface area contributed by atoms with Crippen molar-refractivity contribution in [2.75, 3.05) is 25.9 Å². The largest absolute Gasteiger partial charge is 0.489 e. The molecule has 0 aromatic heterocycles. The molecule has 0 saturated heterocycles. The van der Waals surface area contributed by atoms with Crippen LogP contribution in [0.4, 0.5) is 5.69 Å². The van der Waals surface area contributed by atoms with Gasteiger partial charge < -0.3 is 24.2 Å². The fourth-order valence-electron chi connectivity index (χ4n) is 2.69. The molecular formula is C21H25NO6. The van der Waals surface area contributed by atoms with Crippen LogP contribution in [0.1, 0.15) is 35.3 Å². The van der Waals surface area contributed by atoms with E-state index in [0.717, 1.165) is 11.3 Å². The van der Waals surface area contributed by atoms with Gasteiger partial charge in [-0.15, -0.1) is 0 Å². The monoisotopic (exact) mass is 387 g/mol. The number of aromatic carboxylic acids is 1. The van der Waals surface area contributed by atoms with Gasteiger partial charge in [0.25, 0.3) is 0 Å². The molecule has 0 spiro atoms. The van der Waals surface area contributed by atoms with Crippen molar-refractivity contribution in [2.24, 2.45) is 0 Å². The predicted octanol–water partition coefficient (Wildman–Crippen LogP) is 3.49. The quantitative estimate of drug-likeness (QED) is 0.663. The fourth-order valence-corrected chi connectivity index (χ4v) is 2.69. The number of amides is 1. The Kier molecular flexibility index (Phi) is 7.40. The van der Waals surface area contributed by atoms with Crippen molar-refractivity contribution >= 4 is 17.6 Å². The van der Waals surface area contributed by atoms with Crippen LogP contribution in [-0.4, -0.2) is 37.9 Å². The van der Waals surface area contributed by atoms with Crippen LogP contribution in [0, 0.1) is 0 Å². The van der Waals surface area contributed by atoms with Crippen LogP contribution in [0.2, 0.25) is 0 Å². The Morgan fingerprint density at radius 3 is 2.21 bits per heavy atom. The van der Waals surface area contributed by atoms with Crippen LogP contribution in [0.3, 0.4) is 0 Å². The molecule has 0 fully saturated rings. The summed E-state index contributed by atoms with van der Waals surface area (Å²) in [7, 11) is 3.17. The molecule has 0 bridgehead atoms. The minimum Gasteiger partial charge on any atom is -0.489 e. The molecule has 0 saturated carbocycles. The van der Waals surface area contributed by atoms with Gasteiger partial charge in [0.15, 0.2) is 6.79 Å². The first-order chi connectivity index (χ1) is 13.4. The van der Waals surface area contributed by atoms with Crippen LogP contribution in [-0.2, 0) is 22.6 Å². The SMILES string of the molecule is CCc1ccc(COc2ccc(N(C)C(C)=O)cc2)c(C(=O)O)c1OCOC. The first-order valence-electron chi connectivity index (χ1n) is 8.86. The van der Waals surface area contributed by atoms with Crippen molar-refractivity contribution in [3.8, 4) is 11.5 Å². The summed E-state index contributed by atoms with van der Waals surface area (Å²) in [6.07, 6.45) is 0.631. The maximum Gasteiger partial charge on any atom is 0.339 e. The lowest BCUT2D eigenvalue weighted by atomic mass is 10.0. The molecule has 28 heavy (non-hydrogen) atoms. The maximum atomic E-state index is 11.9. The second kappa shape index (κ2) is 9.75. The minimum absolute atomic E-state index is 0.0390. The zero-order valence-corrected chi connectivity index (χ0v) is 16.5. The first-order valence-corrected chi connectivity index (χ1v) is 8.86. The third-order valence-corrected chi connectivity index (χ3v) is 4.33. The maximum absolute atomic E-state index is 11.9. The molecule has 0 aliphatic carbocycles. The molecular weight excluding hydrogens is 362 g/mol. The van der Waals surface area contributed by atoms with E-state index in [1.807, 2.05) is 13.0 Å². The van der Waals surface area contributed by atoms with E-state index in [9.17, 15) is 14.7 Å². The highest BCUT2D eigenvalue weighted by atomic mass is 16.7. The number of carboxylic acids is 1. The van der Waals surface area contributed by atoms with E-state index in [1.165, 1.54) is 18.9 Å². The summed E-state index contributed by atoms with van der Waals surface area (Å²) >= 11 is 0. The topological polar surface area (TPSA) is 85.3 Å². The van der Waals surface area contributed by atoms with Crippen LogP contribution in [0.25, 0.3) is 0 Å². The summed E-state index contributed by atoms with van der Waals surface area (Å²) in [5, 5.41) is 9.70. The predicted molar refractivity (Wildman–Crippen MR) is 105 cm³/mol. The standard InChI is InChI=1S/C21H25NO6/c1-5-15-6-7-16(19(21(24)25)20(15)28-13-26-4)12-27-18-10-8-17(9-11-18)22(3)14(2)23/h6-11H,5,12-13H2,1-4H3,(H,24,25). The molecule has 0 aliphatic rings. The highest BCUT2D eigenvalue weighted by Crippen LogP contribution is 2.29. The van der Waals surface area contributed by atoms with Gasteiger partial charge >= 0.3 is 5.97 Å². The van der Waals surface area contributed by atoms with Crippen LogP contribution in [0.15, 0.2) is 36.4 Å². The Morgan fingerprint density at radius 1 is 1.04 bits per heavy atom. The number of carboxylic acid groups (broad SMARTS) is 1. The number of ether oxygens (including phenoxy) is 3. The molecule has 0 radical (unpaired) electrons. The summed E-state index contributed by atoms with van der Waals surface area (Å²) < 4.78 is 16.2. The molecule has 0 aliphatic heterocycles. The van der Waals surface area contributed by atoms with Gasteiger partial charge in [0, 0.05) is 32.3 Å². The normalized spacial score (nSPS) is 10.4. The lowest BCUT2D eigenvalue weighted by molar-refractivity contribution is -0.116. The molecule has 7 nitrogen and oxygen atoms in total. The molecule has 150 valence electrons. The van der Waals surface area contributed by atoms with Gasteiger partial charge in [-0.3, -0.25) is 4.79 Å². The first kappa shape index (κ1) is 21.2. The molecule has 2 aromatic rings. The third-order valence-electron chi connectivity index (χ3n) is 4.33. The molecule has 2 aromatic carbocycles. The molecule has 0 heterocycles. The Bertz CT molecular complexity index is 832. The minimum atomic E-state index is -1.08. The van der Waals surface area contributed by atoms with Crippen molar-refractivity contribution in [3.05, 3.63) is 53.1 Å². The number of carbonyl (C=O) groups excluding carboxylic acids is 1. The van der Waals surface area contributed by atoms with Gasteiger partial charge in [-0.25, -0.2) is 4.79 Å². The number of hydrogen-bond acceptors (Lipinski definition) is 5. The molecule has 1 amide bonds. The van der Waals surface area contributed by atoms with Crippen molar-refractivity contribution in [1.29, 1.82) is 0 Å². The highest BCUT2D eigenvalue weighted by molar-refractivity contribution is 5.93. The van der Waals surface area contributed by atoms with Crippen molar-refractivity contribution in [3.63, 3.8) is 0 Å². The number of nitrogens with zero attached hydrogens (tertiary/aromatic N) is 1. The van der Waals surface area contributed by atoms with Gasteiger partial charge in [0.1, 0.15) is 23.7 Å². The number of aryl methyl sites for hydroxylation is 1. The van der Waals surface area contributed by atoms with Crippen LogP contribution < -0.4 is 14.4 Å². The van der Waals surface area contributed by atoms with Crippen molar-refractivity contribution in [2.45, 2.75) is 26.9 Å². The molecule has 0 unspecified atom stereocenters. The molecule has 1 N–H and O–H groups in total. The lowest BCUT2D eigenvalue weighted by Gasteiger charge is -2.17.